The zero-order valence-corrected chi connectivity index (χ0v) is 13.0. The first-order valence-electron chi connectivity index (χ1n) is 6.96. The molecule has 0 amide bonds. The summed E-state index contributed by atoms with van der Waals surface area (Å²) in [5.41, 5.74) is 2.45. The molecule has 1 N–H and O–H groups in total. The number of nitrogens with one attached hydrogen (secondary N) is 1. The van der Waals surface area contributed by atoms with Crippen molar-refractivity contribution in [3.8, 4) is 0 Å². The third-order valence-corrected chi connectivity index (χ3v) is 4.80. The molecule has 0 aliphatic heterocycles. The molecule has 0 unspecified atom stereocenters. The highest BCUT2D eigenvalue weighted by atomic mass is 32.2. The number of hydrogen-bond donors (Lipinski definition) is 1. The van der Waals surface area contributed by atoms with E-state index in [1.807, 2.05) is 49.4 Å². The first kappa shape index (κ1) is 14.7. The van der Waals surface area contributed by atoms with E-state index in [1.165, 1.54) is 0 Å². The number of sulfonamides is 1. The molecule has 3 rings (SSSR count). The molecular formula is C17H16N2O2S. The van der Waals surface area contributed by atoms with Crippen LogP contribution >= 0.6 is 0 Å². The summed E-state index contributed by atoms with van der Waals surface area (Å²) in [5, 5.41) is 1.03. The van der Waals surface area contributed by atoms with E-state index in [0.717, 1.165) is 16.5 Å². The lowest BCUT2D eigenvalue weighted by Crippen LogP contribution is -2.23. The molecule has 0 fully saturated rings. The number of aryl methyl sites for hydroxylation is 1. The molecule has 0 aliphatic carbocycles. The first-order valence-corrected chi connectivity index (χ1v) is 8.44. The van der Waals surface area contributed by atoms with Gasteiger partial charge in [-0.2, -0.15) is 0 Å². The van der Waals surface area contributed by atoms with Crippen LogP contribution in [0.5, 0.6) is 0 Å². The Balaban J connectivity index is 1.81. The molecule has 0 spiro atoms. The van der Waals surface area contributed by atoms with Gasteiger partial charge in [0.2, 0.25) is 10.0 Å². The van der Waals surface area contributed by atoms with Crippen LogP contribution in [0.1, 0.15) is 11.3 Å². The van der Waals surface area contributed by atoms with Gasteiger partial charge in [0.1, 0.15) is 0 Å². The van der Waals surface area contributed by atoms with Gasteiger partial charge in [0, 0.05) is 5.39 Å². The number of fused-ring (bicyclic) bond motifs is 1. The number of pyridine rings is 1. The minimum Gasteiger partial charge on any atom is -0.251 e. The number of hydrogen-bond acceptors (Lipinski definition) is 3. The predicted octanol–water partition coefficient (Wildman–Crippen LogP) is 3.02. The number of para-hydroxylation sites is 1. The van der Waals surface area contributed by atoms with Gasteiger partial charge < -0.3 is 0 Å². The number of benzene rings is 2. The number of rotatable bonds is 4. The maximum atomic E-state index is 12.3. The molecule has 22 heavy (non-hydrogen) atoms. The monoisotopic (exact) mass is 312 g/mol. The Morgan fingerprint density at radius 3 is 2.64 bits per heavy atom. The molecule has 0 saturated heterocycles. The lowest BCUT2D eigenvalue weighted by atomic mass is 10.2. The van der Waals surface area contributed by atoms with Crippen molar-refractivity contribution in [2.24, 2.45) is 0 Å². The van der Waals surface area contributed by atoms with Gasteiger partial charge in [-0.1, -0.05) is 36.4 Å². The summed E-state index contributed by atoms with van der Waals surface area (Å²) in [5.74, 6) is 0. The molecule has 1 aromatic heterocycles. The van der Waals surface area contributed by atoms with E-state index in [0.29, 0.717) is 5.69 Å². The minimum absolute atomic E-state index is 0.168. The fraction of sp³-hybridized carbons (Fsp3) is 0.118. The van der Waals surface area contributed by atoms with Crippen molar-refractivity contribution in [1.29, 1.82) is 0 Å². The van der Waals surface area contributed by atoms with Crippen molar-refractivity contribution >= 4 is 20.9 Å². The Morgan fingerprint density at radius 2 is 1.82 bits per heavy atom. The summed E-state index contributed by atoms with van der Waals surface area (Å²) in [6.45, 7) is 2.03. The van der Waals surface area contributed by atoms with Crippen molar-refractivity contribution in [3.05, 3.63) is 71.9 Å². The van der Waals surface area contributed by atoms with Crippen LogP contribution in [0.2, 0.25) is 0 Å². The zero-order chi connectivity index (χ0) is 15.6. The van der Waals surface area contributed by atoms with Crippen LogP contribution < -0.4 is 4.72 Å². The average Bonchev–Trinajstić information content (AvgIpc) is 2.53. The van der Waals surface area contributed by atoms with Gasteiger partial charge in [0.05, 0.1) is 22.7 Å². The van der Waals surface area contributed by atoms with Crippen molar-refractivity contribution in [1.82, 2.24) is 9.71 Å². The van der Waals surface area contributed by atoms with Crippen molar-refractivity contribution < 1.29 is 8.42 Å². The lowest BCUT2D eigenvalue weighted by molar-refractivity contribution is 0.580. The fourth-order valence-electron chi connectivity index (χ4n) is 2.24. The smallest absolute Gasteiger partial charge is 0.240 e. The molecule has 0 bridgehead atoms. The van der Waals surface area contributed by atoms with Gasteiger partial charge in [-0.25, -0.2) is 13.1 Å². The second-order valence-corrected chi connectivity index (χ2v) is 6.90. The molecule has 4 nitrogen and oxygen atoms in total. The normalized spacial score (nSPS) is 11.7. The average molecular weight is 312 g/mol. The van der Waals surface area contributed by atoms with Crippen LogP contribution in [-0.4, -0.2) is 13.4 Å². The molecule has 0 saturated carbocycles. The first-order chi connectivity index (χ1) is 10.5. The highest BCUT2D eigenvalue weighted by Crippen LogP contribution is 2.14. The summed E-state index contributed by atoms with van der Waals surface area (Å²) in [7, 11) is -3.52. The van der Waals surface area contributed by atoms with E-state index in [2.05, 4.69) is 9.71 Å². The molecule has 0 radical (unpaired) electrons. The van der Waals surface area contributed by atoms with E-state index >= 15 is 0 Å². The Bertz CT molecular complexity index is 921. The predicted molar refractivity (Wildman–Crippen MR) is 86.9 cm³/mol. The third-order valence-electron chi connectivity index (χ3n) is 3.40. The van der Waals surface area contributed by atoms with Crippen LogP contribution in [0.25, 0.3) is 10.9 Å². The second kappa shape index (κ2) is 5.87. The van der Waals surface area contributed by atoms with Crippen LogP contribution in [0.3, 0.4) is 0 Å². The maximum Gasteiger partial charge on any atom is 0.240 e. The Morgan fingerprint density at radius 1 is 1.00 bits per heavy atom. The maximum absolute atomic E-state index is 12.3. The molecule has 0 atom stereocenters. The number of nitrogens with zero attached hydrogens (tertiary/aromatic N) is 1. The quantitative estimate of drug-likeness (QED) is 0.805. The molecular weight excluding hydrogens is 296 g/mol. The Labute approximate surface area is 129 Å². The van der Waals surface area contributed by atoms with Gasteiger partial charge in [0.15, 0.2) is 0 Å². The standard InChI is InChI=1S/C17H16N2O2S/c1-13-5-4-7-16(11-13)22(20,21)18-12-15-10-9-14-6-2-3-8-17(14)19-15/h2-11,18H,12H2,1H3. The van der Waals surface area contributed by atoms with E-state index in [1.54, 1.807) is 18.2 Å². The Hall–Kier alpha value is -2.24. The van der Waals surface area contributed by atoms with Gasteiger partial charge >= 0.3 is 0 Å². The summed E-state index contributed by atoms with van der Waals surface area (Å²) in [6.07, 6.45) is 0. The van der Waals surface area contributed by atoms with E-state index in [-0.39, 0.29) is 11.4 Å². The van der Waals surface area contributed by atoms with Gasteiger partial charge in [-0.05, 0) is 36.8 Å². The van der Waals surface area contributed by atoms with Crippen LogP contribution in [0.4, 0.5) is 0 Å². The van der Waals surface area contributed by atoms with Crippen LogP contribution in [0.15, 0.2) is 65.6 Å². The van der Waals surface area contributed by atoms with E-state index < -0.39 is 10.0 Å². The molecule has 112 valence electrons. The zero-order valence-electron chi connectivity index (χ0n) is 12.2. The SMILES string of the molecule is Cc1cccc(S(=O)(=O)NCc2ccc3ccccc3n2)c1. The topological polar surface area (TPSA) is 59.1 Å². The highest BCUT2D eigenvalue weighted by molar-refractivity contribution is 7.89. The Kier molecular flexibility index (Phi) is 3.92. The molecule has 3 aromatic rings. The molecule has 5 heteroatoms. The summed E-state index contributed by atoms with van der Waals surface area (Å²) in [6, 6.07) is 18.4. The van der Waals surface area contributed by atoms with Crippen LogP contribution in [-0.2, 0) is 16.6 Å². The van der Waals surface area contributed by atoms with E-state index in [9.17, 15) is 8.42 Å². The van der Waals surface area contributed by atoms with Gasteiger partial charge in [0.25, 0.3) is 0 Å². The summed E-state index contributed by atoms with van der Waals surface area (Å²) in [4.78, 5) is 4.73. The van der Waals surface area contributed by atoms with E-state index in [4.69, 9.17) is 0 Å². The fourth-order valence-corrected chi connectivity index (χ4v) is 3.34. The lowest BCUT2D eigenvalue weighted by Gasteiger charge is -2.08. The summed E-state index contributed by atoms with van der Waals surface area (Å²) >= 11 is 0. The van der Waals surface area contributed by atoms with Crippen molar-refractivity contribution in [2.45, 2.75) is 18.4 Å². The van der Waals surface area contributed by atoms with Crippen molar-refractivity contribution in [3.63, 3.8) is 0 Å². The van der Waals surface area contributed by atoms with Gasteiger partial charge in [-0.3, -0.25) is 4.98 Å². The van der Waals surface area contributed by atoms with Crippen molar-refractivity contribution in [2.75, 3.05) is 0 Å². The number of aromatic nitrogens is 1. The summed E-state index contributed by atoms with van der Waals surface area (Å²) < 4.78 is 27.2. The second-order valence-electron chi connectivity index (χ2n) is 5.14. The third kappa shape index (κ3) is 3.16. The largest absolute Gasteiger partial charge is 0.251 e. The van der Waals surface area contributed by atoms with Crippen LogP contribution in [0, 0.1) is 6.92 Å². The van der Waals surface area contributed by atoms with Gasteiger partial charge in [-0.15, -0.1) is 0 Å². The molecule has 1 heterocycles. The molecule has 0 aliphatic rings. The minimum atomic E-state index is -3.52. The molecule has 2 aromatic carbocycles. The highest BCUT2D eigenvalue weighted by Gasteiger charge is 2.13.